The summed E-state index contributed by atoms with van der Waals surface area (Å²) in [7, 11) is 0. The van der Waals surface area contributed by atoms with E-state index < -0.39 is 0 Å². The molecule has 0 radical (unpaired) electrons. The maximum atomic E-state index is 3.49. The Kier molecular flexibility index (Phi) is 2.96. The third-order valence-corrected chi connectivity index (χ3v) is 3.47. The quantitative estimate of drug-likeness (QED) is 0.661. The average Bonchev–Trinajstić information content (AvgIpc) is 2.85. The summed E-state index contributed by atoms with van der Waals surface area (Å²) in [5.41, 5.74) is 6.14. The standard InChI is InChI=1S/C18H17N/c1-3-16(14-10-8-13(2)9-11-14)18-12-15-6-4-5-7-17(15)19-18/h3-12,19H,1-2H3/b16-3+. The Labute approximate surface area is 113 Å². The van der Waals surface area contributed by atoms with E-state index in [0.29, 0.717) is 0 Å². The van der Waals surface area contributed by atoms with Gasteiger partial charge >= 0.3 is 0 Å². The monoisotopic (exact) mass is 247 g/mol. The van der Waals surface area contributed by atoms with Crippen molar-refractivity contribution in [1.29, 1.82) is 0 Å². The lowest BCUT2D eigenvalue weighted by molar-refractivity contribution is 1.37. The molecule has 0 aliphatic rings. The van der Waals surface area contributed by atoms with Crippen LogP contribution in [0.15, 0.2) is 60.7 Å². The van der Waals surface area contributed by atoms with Crippen LogP contribution in [-0.4, -0.2) is 4.98 Å². The molecule has 2 aromatic carbocycles. The molecule has 1 N–H and O–H groups in total. The molecule has 1 heteroatoms. The van der Waals surface area contributed by atoms with Crippen molar-refractivity contribution >= 4 is 16.5 Å². The van der Waals surface area contributed by atoms with E-state index in [1.165, 1.54) is 33.3 Å². The molecular formula is C18H17N. The minimum atomic E-state index is 1.17. The lowest BCUT2D eigenvalue weighted by Gasteiger charge is -2.05. The van der Waals surface area contributed by atoms with Gasteiger partial charge in [-0.25, -0.2) is 0 Å². The van der Waals surface area contributed by atoms with Crippen LogP contribution in [0.1, 0.15) is 23.7 Å². The molecule has 19 heavy (non-hydrogen) atoms. The van der Waals surface area contributed by atoms with Crippen LogP contribution >= 0.6 is 0 Å². The number of fused-ring (bicyclic) bond motifs is 1. The van der Waals surface area contributed by atoms with Crippen molar-refractivity contribution in [2.45, 2.75) is 13.8 Å². The number of aryl methyl sites for hydroxylation is 1. The van der Waals surface area contributed by atoms with Gasteiger partial charge < -0.3 is 4.98 Å². The second-order valence-electron chi connectivity index (χ2n) is 4.84. The predicted octanol–water partition coefficient (Wildman–Crippen LogP) is 4.93. The molecule has 0 fully saturated rings. The molecule has 3 rings (SSSR count). The molecule has 3 aromatic rings. The largest absolute Gasteiger partial charge is 0.355 e. The first-order valence-electron chi connectivity index (χ1n) is 6.59. The van der Waals surface area contributed by atoms with Gasteiger partial charge in [-0.1, -0.05) is 54.1 Å². The molecular weight excluding hydrogens is 230 g/mol. The summed E-state index contributed by atoms with van der Waals surface area (Å²) in [6.07, 6.45) is 2.16. The Bertz CT molecular complexity index is 697. The van der Waals surface area contributed by atoms with E-state index in [2.05, 4.69) is 79.5 Å². The zero-order valence-electron chi connectivity index (χ0n) is 11.3. The van der Waals surface area contributed by atoms with Crippen LogP contribution in [0.2, 0.25) is 0 Å². The Morgan fingerprint density at radius 1 is 1.00 bits per heavy atom. The highest BCUT2D eigenvalue weighted by Gasteiger charge is 2.07. The van der Waals surface area contributed by atoms with Gasteiger partial charge in [0.25, 0.3) is 0 Å². The van der Waals surface area contributed by atoms with E-state index >= 15 is 0 Å². The van der Waals surface area contributed by atoms with Crippen molar-refractivity contribution in [3.8, 4) is 0 Å². The molecule has 0 saturated carbocycles. The molecule has 0 atom stereocenters. The fourth-order valence-electron chi connectivity index (χ4n) is 2.43. The van der Waals surface area contributed by atoms with E-state index in [0.717, 1.165) is 0 Å². The number of benzene rings is 2. The first-order valence-corrected chi connectivity index (χ1v) is 6.59. The lowest BCUT2D eigenvalue weighted by Crippen LogP contribution is -1.87. The molecule has 0 aliphatic heterocycles. The van der Waals surface area contributed by atoms with E-state index in [-0.39, 0.29) is 0 Å². The summed E-state index contributed by atoms with van der Waals surface area (Å²) < 4.78 is 0. The number of hydrogen-bond donors (Lipinski definition) is 1. The van der Waals surface area contributed by atoms with Gasteiger partial charge in [0.05, 0.1) is 0 Å². The molecule has 1 aromatic heterocycles. The van der Waals surface area contributed by atoms with Crippen LogP contribution in [0.4, 0.5) is 0 Å². The Hall–Kier alpha value is -2.28. The Morgan fingerprint density at radius 3 is 2.42 bits per heavy atom. The predicted molar refractivity (Wildman–Crippen MR) is 82.2 cm³/mol. The Morgan fingerprint density at radius 2 is 1.74 bits per heavy atom. The smallest absolute Gasteiger partial charge is 0.0467 e. The number of aromatic amines is 1. The van der Waals surface area contributed by atoms with E-state index in [1.807, 2.05) is 0 Å². The summed E-state index contributed by atoms with van der Waals surface area (Å²) in [4.78, 5) is 3.49. The van der Waals surface area contributed by atoms with Gasteiger partial charge in [-0.05, 0) is 31.5 Å². The molecule has 1 nitrogen and oxygen atoms in total. The van der Waals surface area contributed by atoms with Crippen molar-refractivity contribution in [2.75, 3.05) is 0 Å². The lowest BCUT2D eigenvalue weighted by atomic mass is 10.0. The third kappa shape index (κ3) is 2.19. The summed E-state index contributed by atoms with van der Waals surface area (Å²) in [6, 6.07) is 19.3. The summed E-state index contributed by atoms with van der Waals surface area (Å²) in [5.74, 6) is 0. The van der Waals surface area contributed by atoms with Gasteiger partial charge in [0.15, 0.2) is 0 Å². The molecule has 0 aliphatic carbocycles. The molecule has 0 amide bonds. The minimum Gasteiger partial charge on any atom is -0.355 e. The van der Waals surface area contributed by atoms with Crippen LogP contribution in [0, 0.1) is 6.92 Å². The van der Waals surface area contributed by atoms with Crippen LogP contribution in [0.25, 0.3) is 16.5 Å². The first kappa shape index (κ1) is 11.8. The van der Waals surface area contributed by atoms with E-state index in [4.69, 9.17) is 0 Å². The summed E-state index contributed by atoms with van der Waals surface area (Å²) in [6.45, 7) is 4.20. The maximum Gasteiger partial charge on any atom is 0.0467 e. The SMILES string of the molecule is C/C=C(\c1ccc(C)cc1)c1cc2ccccc2[nH]1. The number of rotatable bonds is 2. The first-order chi connectivity index (χ1) is 9.28. The van der Waals surface area contributed by atoms with E-state index in [1.54, 1.807) is 0 Å². The maximum absolute atomic E-state index is 3.49. The summed E-state index contributed by atoms with van der Waals surface area (Å²) in [5, 5.41) is 1.25. The van der Waals surface area contributed by atoms with Crippen molar-refractivity contribution in [2.24, 2.45) is 0 Å². The molecule has 0 unspecified atom stereocenters. The Balaban J connectivity index is 2.09. The fourth-order valence-corrected chi connectivity index (χ4v) is 2.43. The number of hydrogen-bond acceptors (Lipinski definition) is 0. The molecule has 0 saturated heterocycles. The van der Waals surface area contributed by atoms with Crippen molar-refractivity contribution in [1.82, 2.24) is 4.98 Å². The number of nitrogens with one attached hydrogen (secondary N) is 1. The zero-order chi connectivity index (χ0) is 13.2. The van der Waals surface area contributed by atoms with Crippen LogP contribution in [-0.2, 0) is 0 Å². The highest BCUT2D eigenvalue weighted by molar-refractivity contribution is 5.88. The second kappa shape index (κ2) is 4.77. The van der Waals surface area contributed by atoms with Crippen molar-refractivity contribution < 1.29 is 0 Å². The minimum absolute atomic E-state index is 1.17. The summed E-state index contributed by atoms with van der Waals surface area (Å²) >= 11 is 0. The molecule has 0 spiro atoms. The molecule has 0 bridgehead atoms. The number of allylic oxidation sites excluding steroid dienone is 1. The number of H-pyrrole nitrogens is 1. The van der Waals surface area contributed by atoms with Crippen molar-refractivity contribution in [3.05, 3.63) is 77.5 Å². The third-order valence-electron chi connectivity index (χ3n) is 3.47. The highest BCUT2D eigenvalue weighted by Crippen LogP contribution is 2.26. The zero-order valence-corrected chi connectivity index (χ0v) is 11.3. The van der Waals surface area contributed by atoms with Gasteiger partial charge in [-0.2, -0.15) is 0 Å². The topological polar surface area (TPSA) is 15.8 Å². The van der Waals surface area contributed by atoms with Crippen molar-refractivity contribution in [3.63, 3.8) is 0 Å². The van der Waals surface area contributed by atoms with Gasteiger partial charge in [0, 0.05) is 22.2 Å². The van der Waals surface area contributed by atoms with Gasteiger partial charge in [-0.3, -0.25) is 0 Å². The van der Waals surface area contributed by atoms with Gasteiger partial charge in [0.1, 0.15) is 0 Å². The highest BCUT2D eigenvalue weighted by atomic mass is 14.7. The number of aromatic nitrogens is 1. The average molecular weight is 247 g/mol. The van der Waals surface area contributed by atoms with Gasteiger partial charge in [0.2, 0.25) is 0 Å². The molecule has 94 valence electrons. The number of para-hydroxylation sites is 1. The van der Waals surface area contributed by atoms with Crippen LogP contribution < -0.4 is 0 Å². The fraction of sp³-hybridized carbons (Fsp3) is 0.111. The van der Waals surface area contributed by atoms with E-state index in [9.17, 15) is 0 Å². The normalized spacial score (nSPS) is 12.0. The second-order valence-corrected chi connectivity index (χ2v) is 4.84. The van der Waals surface area contributed by atoms with Crippen LogP contribution in [0.5, 0.6) is 0 Å². The van der Waals surface area contributed by atoms with Crippen LogP contribution in [0.3, 0.4) is 0 Å². The van der Waals surface area contributed by atoms with Gasteiger partial charge in [-0.15, -0.1) is 0 Å². The molecule has 1 heterocycles.